The summed E-state index contributed by atoms with van der Waals surface area (Å²) < 4.78 is 18.7. The van der Waals surface area contributed by atoms with Gasteiger partial charge in [-0.15, -0.1) is 0 Å². The monoisotopic (exact) mass is 300 g/mol. The number of amides is 1. The van der Waals surface area contributed by atoms with Gasteiger partial charge in [-0.2, -0.15) is 0 Å². The molecule has 1 aliphatic rings. The van der Waals surface area contributed by atoms with Crippen LogP contribution in [0.4, 0.5) is 10.1 Å². The van der Waals surface area contributed by atoms with Crippen molar-refractivity contribution in [3.8, 4) is 5.75 Å². The molecule has 0 radical (unpaired) electrons. The smallest absolute Gasteiger partial charge is 0.255 e. The minimum atomic E-state index is -0.393. The van der Waals surface area contributed by atoms with Crippen LogP contribution in [0.1, 0.15) is 11.1 Å². The maximum atomic E-state index is 13.2. The van der Waals surface area contributed by atoms with Crippen molar-refractivity contribution >= 4 is 17.7 Å². The van der Waals surface area contributed by atoms with E-state index >= 15 is 0 Å². The zero-order chi connectivity index (χ0) is 15.5. The molecule has 0 unspecified atom stereocenters. The van der Waals surface area contributed by atoms with E-state index in [1.807, 2.05) is 0 Å². The van der Waals surface area contributed by atoms with Gasteiger partial charge in [0.2, 0.25) is 0 Å². The zero-order valence-corrected chi connectivity index (χ0v) is 11.5. The van der Waals surface area contributed by atoms with Crippen molar-refractivity contribution < 1.29 is 19.0 Å². The Morgan fingerprint density at radius 2 is 2.27 bits per heavy atom. The third kappa shape index (κ3) is 2.82. The van der Waals surface area contributed by atoms with Gasteiger partial charge in [-0.05, 0) is 30.3 Å². The van der Waals surface area contributed by atoms with Crippen molar-refractivity contribution in [3.05, 3.63) is 59.2 Å². The highest BCUT2D eigenvalue weighted by Gasteiger charge is 2.18. The lowest BCUT2D eigenvalue weighted by molar-refractivity contribution is -0.113. The van der Waals surface area contributed by atoms with Crippen LogP contribution in [0.3, 0.4) is 0 Å². The average Bonchev–Trinajstić information content (AvgIpc) is 2.54. The highest BCUT2D eigenvalue weighted by molar-refractivity contribution is 6.07. The number of aliphatic hydroxyl groups excluding tert-OH is 1. The number of nitrogens with zero attached hydrogens (tertiary/aromatic N) is 1. The summed E-state index contributed by atoms with van der Waals surface area (Å²) in [6.45, 7) is -0.110. The summed E-state index contributed by atoms with van der Waals surface area (Å²) in [4.78, 5) is 16.2. The van der Waals surface area contributed by atoms with Crippen LogP contribution in [0.2, 0.25) is 0 Å². The van der Waals surface area contributed by atoms with Crippen LogP contribution in [-0.4, -0.2) is 22.6 Å². The molecule has 0 aliphatic carbocycles. The Kier molecular flexibility index (Phi) is 3.84. The van der Waals surface area contributed by atoms with E-state index in [1.165, 1.54) is 30.6 Å². The highest BCUT2D eigenvalue weighted by atomic mass is 19.1. The van der Waals surface area contributed by atoms with Crippen LogP contribution in [0.15, 0.2) is 42.2 Å². The van der Waals surface area contributed by atoms with Crippen molar-refractivity contribution in [1.29, 1.82) is 0 Å². The zero-order valence-electron chi connectivity index (χ0n) is 11.5. The quantitative estimate of drug-likeness (QED) is 0.911. The molecule has 1 aliphatic heterocycles. The Hall–Kier alpha value is -2.73. The number of carbonyl (C=O) groups excluding carboxylic acids is 1. The Balaban J connectivity index is 1.84. The summed E-state index contributed by atoms with van der Waals surface area (Å²) in [5, 5.41) is 11.9. The third-order valence-corrected chi connectivity index (χ3v) is 3.31. The molecule has 0 spiro atoms. The number of halogens is 1. The minimum absolute atomic E-state index is 0.0964. The first-order chi connectivity index (χ1) is 10.7. The lowest BCUT2D eigenvalue weighted by Gasteiger charge is -2.18. The molecule has 1 amide bonds. The van der Waals surface area contributed by atoms with Gasteiger partial charge in [-0.25, -0.2) is 4.39 Å². The summed E-state index contributed by atoms with van der Waals surface area (Å²) in [5.41, 5.74) is 1.88. The number of hydrogen-bond acceptors (Lipinski definition) is 4. The molecule has 0 fully saturated rings. The highest BCUT2D eigenvalue weighted by Crippen LogP contribution is 2.27. The Bertz CT molecular complexity index is 759. The Labute approximate surface area is 126 Å². The number of hydrogen-bond donors (Lipinski definition) is 2. The number of ether oxygens (including phenoxy) is 1. The second-order valence-corrected chi connectivity index (χ2v) is 4.79. The van der Waals surface area contributed by atoms with E-state index in [0.717, 1.165) is 0 Å². The van der Waals surface area contributed by atoms with Crippen LogP contribution in [-0.2, 0) is 11.4 Å². The number of pyridine rings is 1. The number of nitrogens with one attached hydrogen (secondary N) is 1. The van der Waals surface area contributed by atoms with Crippen LogP contribution in [0.5, 0.6) is 5.75 Å². The van der Waals surface area contributed by atoms with Gasteiger partial charge in [0.15, 0.2) is 0 Å². The van der Waals surface area contributed by atoms with E-state index in [2.05, 4.69) is 10.3 Å². The number of rotatable bonds is 3. The first kappa shape index (κ1) is 14.2. The molecule has 0 saturated carbocycles. The number of aromatic nitrogens is 1. The molecule has 2 aromatic rings. The van der Waals surface area contributed by atoms with E-state index in [9.17, 15) is 14.3 Å². The predicted octanol–water partition coefficient (Wildman–Crippen LogP) is 2.13. The molecular formula is C16H13FN2O3. The Morgan fingerprint density at radius 3 is 3.09 bits per heavy atom. The van der Waals surface area contributed by atoms with Crippen LogP contribution in [0, 0.1) is 5.82 Å². The SMILES string of the molecule is O=C(Nc1cnccc1CO)C1=Cc2cc(F)ccc2OC1. The summed E-state index contributed by atoms with van der Waals surface area (Å²) >= 11 is 0. The number of fused-ring (bicyclic) bond motifs is 1. The van der Waals surface area contributed by atoms with Crippen molar-refractivity contribution in [2.75, 3.05) is 11.9 Å². The third-order valence-electron chi connectivity index (χ3n) is 3.31. The second kappa shape index (κ2) is 5.95. The van der Waals surface area contributed by atoms with Crippen molar-refractivity contribution in [1.82, 2.24) is 4.98 Å². The van der Waals surface area contributed by atoms with Gasteiger partial charge in [0.05, 0.1) is 24.1 Å². The molecule has 1 aromatic carbocycles. The van der Waals surface area contributed by atoms with Crippen molar-refractivity contribution in [3.63, 3.8) is 0 Å². The fraction of sp³-hybridized carbons (Fsp3) is 0.125. The van der Waals surface area contributed by atoms with E-state index in [-0.39, 0.29) is 19.1 Å². The molecule has 2 N–H and O–H groups in total. The summed E-state index contributed by atoms with van der Waals surface area (Å²) in [6, 6.07) is 5.76. The van der Waals surface area contributed by atoms with E-state index in [4.69, 9.17) is 4.74 Å². The molecule has 2 heterocycles. The van der Waals surface area contributed by atoms with E-state index in [1.54, 1.807) is 12.1 Å². The molecule has 0 bridgehead atoms. The minimum Gasteiger partial charge on any atom is -0.488 e. The number of anilines is 1. The maximum absolute atomic E-state index is 13.2. The Morgan fingerprint density at radius 1 is 1.41 bits per heavy atom. The van der Waals surface area contributed by atoms with Gasteiger partial charge in [0.1, 0.15) is 18.2 Å². The summed E-state index contributed by atoms with van der Waals surface area (Å²) in [5.74, 6) is -0.233. The second-order valence-electron chi connectivity index (χ2n) is 4.79. The number of benzene rings is 1. The van der Waals surface area contributed by atoms with Crippen LogP contribution < -0.4 is 10.1 Å². The van der Waals surface area contributed by atoms with Crippen molar-refractivity contribution in [2.24, 2.45) is 0 Å². The van der Waals surface area contributed by atoms with Gasteiger partial charge < -0.3 is 15.2 Å². The standard InChI is InChI=1S/C16H13FN2O3/c17-13-1-2-15-11(6-13)5-12(9-22-15)16(21)19-14-7-18-4-3-10(14)8-20/h1-7,20H,8-9H2,(H,19,21). The average molecular weight is 300 g/mol. The van der Waals surface area contributed by atoms with E-state index < -0.39 is 5.82 Å². The lowest BCUT2D eigenvalue weighted by Crippen LogP contribution is -2.22. The first-order valence-corrected chi connectivity index (χ1v) is 6.65. The molecule has 5 nitrogen and oxygen atoms in total. The molecule has 1 aromatic heterocycles. The van der Waals surface area contributed by atoms with E-state index in [0.29, 0.717) is 28.1 Å². The predicted molar refractivity (Wildman–Crippen MR) is 78.7 cm³/mol. The topological polar surface area (TPSA) is 71.5 Å². The lowest BCUT2D eigenvalue weighted by atomic mass is 10.1. The summed E-state index contributed by atoms with van der Waals surface area (Å²) in [6.07, 6.45) is 4.58. The first-order valence-electron chi connectivity index (χ1n) is 6.65. The molecule has 6 heteroatoms. The maximum Gasteiger partial charge on any atom is 0.255 e. The molecule has 112 valence electrons. The summed E-state index contributed by atoms with van der Waals surface area (Å²) in [7, 11) is 0. The van der Waals surface area contributed by atoms with Gasteiger partial charge in [0, 0.05) is 17.3 Å². The molecule has 22 heavy (non-hydrogen) atoms. The number of carbonyl (C=O) groups is 1. The van der Waals surface area contributed by atoms with Crippen LogP contribution in [0.25, 0.3) is 6.08 Å². The van der Waals surface area contributed by atoms with Gasteiger partial charge >= 0.3 is 0 Å². The largest absolute Gasteiger partial charge is 0.488 e. The number of aliphatic hydroxyl groups is 1. The van der Waals surface area contributed by atoms with Gasteiger partial charge in [0.25, 0.3) is 5.91 Å². The van der Waals surface area contributed by atoms with Gasteiger partial charge in [-0.3, -0.25) is 9.78 Å². The molecule has 0 atom stereocenters. The fourth-order valence-corrected chi connectivity index (χ4v) is 2.16. The van der Waals surface area contributed by atoms with Gasteiger partial charge in [-0.1, -0.05) is 0 Å². The molecule has 3 rings (SSSR count). The van der Waals surface area contributed by atoms with Crippen LogP contribution >= 0.6 is 0 Å². The van der Waals surface area contributed by atoms with Crippen molar-refractivity contribution in [2.45, 2.75) is 6.61 Å². The fourth-order valence-electron chi connectivity index (χ4n) is 2.16. The molecule has 0 saturated heterocycles. The molecular weight excluding hydrogens is 287 g/mol. The normalized spacial score (nSPS) is 12.9.